The normalized spacial score (nSPS) is 10.5. The number of aromatic nitrogens is 4. The van der Waals surface area contributed by atoms with Crippen LogP contribution in [0.2, 0.25) is 0 Å². The first-order valence-corrected chi connectivity index (χ1v) is 7.13. The monoisotopic (exact) mass is 280 g/mol. The Morgan fingerprint density at radius 3 is 2.53 bits per heavy atom. The van der Waals surface area contributed by atoms with Crippen molar-refractivity contribution < 1.29 is 4.52 Å². The van der Waals surface area contributed by atoms with Crippen LogP contribution in [0.4, 0.5) is 11.6 Å². The van der Waals surface area contributed by atoms with Crippen LogP contribution >= 0.6 is 11.8 Å². The zero-order chi connectivity index (χ0) is 13.7. The molecule has 19 heavy (non-hydrogen) atoms. The van der Waals surface area contributed by atoms with E-state index in [-0.39, 0.29) is 0 Å². The molecule has 0 fully saturated rings. The molecule has 8 heteroatoms. The third-order valence-electron chi connectivity index (χ3n) is 2.24. The van der Waals surface area contributed by atoms with E-state index in [9.17, 15) is 0 Å². The molecule has 0 atom stereocenters. The van der Waals surface area contributed by atoms with E-state index in [0.717, 1.165) is 18.2 Å². The van der Waals surface area contributed by atoms with Crippen LogP contribution < -0.4 is 10.6 Å². The summed E-state index contributed by atoms with van der Waals surface area (Å²) < 4.78 is 4.91. The zero-order valence-corrected chi connectivity index (χ0v) is 11.9. The molecule has 0 radical (unpaired) electrons. The van der Waals surface area contributed by atoms with Crippen molar-refractivity contribution in [1.82, 2.24) is 20.1 Å². The van der Waals surface area contributed by atoms with E-state index in [1.54, 1.807) is 6.92 Å². The van der Waals surface area contributed by atoms with E-state index in [0.29, 0.717) is 23.4 Å². The minimum atomic E-state index is 0.466. The molecule has 0 bridgehead atoms. The Balaban J connectivity index is 2.08. The van der Waals surface area contributed by atoms with Crippen LogP contribution in [0.25, 0.3) is 0 Å². The zero-order valence-electron chi connectivity index (χ0n) is 11.1. The second-order valence-electron chi connectivity index (χ2n) is 3.74. The summed E-state index contributed by atoms with van der Waals surface area (Å²) in [6.07, 6.45) is 1.94. The minimum absolute atomic E-state index is 0.466. The third-order valence-corrected chi connectivity index (χ3v) is 2.79. The summed E-state index contributed by atoms with van der Waals surface area (Å²) in [5.41, 5.74) is 0. The third kappa shape index (κ3) is 3.82. The molecule has 2 N–H and O–H groups in total. The van der Waals surface area contributed by atoms with Gasteiger partial charge in [-0.2, -0.15) is 4.98 Å². The minimum Gasteiger partial charge on any atom is -0.370 e. The van der Waals surface area contributed by atoms with Gasteiger partial charge in [0.1, 0.15) is 11.6 Å². The van der Waals surface area contributed by atoms with Crippen LogP contribution in [0.5, 0.6) is 0 Å². The second kappa shape index (κ2) is 6.37. The highest BCUT2D eigenvalue weighted by Gasteiger charge is 2.06. The Morgan fingerprint density at radius 1 is 1.21 bits per heavy atom. The number of hydrogen-bond donors (Lipinski definition) is 2. The van der Waals surface area contributed by atoms with Crippen molar-refractivity contribution >= 4 is 23.4 Å². The smallest absolute Gasteiger partial charge is 0.223 e. The second-order valence-corrected chi connectivity index (χ2v) is 4.51. The summed E-state index contributed by atoms with van der Waals surface area (Å²) in [5, 5.41) is 10.9. The van der Waals surface area contributed by atoms with Crippen LogP contribution in [-0.2, 0) is 6.54 Å². The molecule has 102 valence electrons. The molecular formula is C11H16N6OS. The van der Waals surface area contributed by atoms with Crippen LogP contribution in [-0.4, -0.2) is 32.9 Å². The molecule has 0 aromatic carbocycles. The Bertz CT molecular complexity index is 544. The van der Waals surface area contributed by atoms with Gasteiger partial charge in [-0.3, -0.25) is 0 Å². The van der Waals surface area contributed by atoms with Crippen LogP contribution in [0.3, 0.4) is 0 Å². The molecule has 7 nitrogen and oxygen atoms in total. The van der Waals surface area contributed by atoms with Crippen molar-refractivity contribution in [3.05, 3.63) is 17.8 Å². The number of anilines is 2. The summed E-state index contributed by atoms with van der Waals surface area (Å²) in [6, 6.07) is 1.86. The van der Waals surface area contributed by atoms with Crippen LogP contribution in [0, 0.1) is 6.92 Å². The fourth-order valence-corrected chi connectivity index (χ4v) is 1.84. The number of rotatable bonds is 6. The quantitative estimate of drug-likeness (QED) is 0.613. The maximum Gasteiger partial charge on any atom is 0.223 e. The Labute approximate surface area is 115 Å². The fraction of sp³-hybridized carbons (Fsp3) is 0.455. The van der Waals surface area contributed by atoms with E-state index >= 15 is 0 Å². The summed E-state index contributed by atoms with van der Waals surface area (Å²) in [5.74, 6) is 2.69. The SMILES string of the molecule is CCNc1cc(NCc2noc(C)n2)nc(SC)n1. The highest BCUT2D eigenvalue weighted by molar-refractivity contribution is 7.98. The van der Waals surface area contributed by atoms with Crippen LogP contribution in [0.15, 0.2) is 15.7 Å². The molecule has 2 rings (SSSR count). The van der Waals surface area contributed by atoms with Gasteiger partial charge in [0.05, 0.1) is 6.54 Å². The van der Waals surface area contributed by atoms with Gasteiger partial charge >= 0.3 is 0 Å². The van der Waals surface area contributed by atoms with Gasteiger partial charge in [-0.25, -0.2) is 9.97 Å². The molecule has 0 saturated carbocycles. The van der Waals surface area contributed by atoms with Gasteiger partial charge in [0.25, 0.3) is 0 Å². The fourth-order valence-electron chi connectivity index (χ4n) is 1.46. The van der Waals surface area contributed by atoms with Gasteiger partial charge in [0.15, 0.2) is 11.0 Å². The lowest BCUT2D eigenvalue weighted by Crippen LogP contribution is -2.07. The van der Waals surface area contributed by atoms with Crippen molar-refractivity contribution in [2.24, 2.45) is 0 Å². The van der Waals surface area contributed by atoms with Crippen molar-refractivity contribution in [3.63, 3.8) is 0 Å². The number of thioether (sulfide) groups is 1. The first-order chi connectivity index (χ1) is 9.21. The molecule has 0 unspecified atom stereocenters. The topological polar surface area (TPSA) is 88.8 Å². The van der Waals surface area contributed by atoms with E-state index < -0.39 is 0 Å². The van der Waals surface area contributed by atoms with Crippen LogP contribution in [0.1, 0.15) is 18.6 Å². The van der Waals surface area contributed by atoms with Crippen molar-refractivity contribution in [1.29, 1.82) is 0 Å². The van der Waals surface area contributed by atoms with Gasteiger partial charge in [-0.15, -0.1) is 0 Å². The lowest BCUT2D eigenvalue weighted by Gasteiger charge is -2.08. The highest BCUT2D eigenvalue weighted by atomic mass is 32.2. The van der Waals surface area contributed by atoms with E-state index in [1.807, 2.05) is 19.2 Å². The molecule has 2 heterocycles. The molecule has 0 aliphatic heterocycles. The Kier molecular flexibility index (Phi) is 4.56. The standard InChI is InChI=1S/C11H16N6OS/c1-4-12-8-5-9(16-11(15-8)19-3)13-6-10-14-7(2)18-17-10/h5H,4,6H2,1-3H3,(H2,12,13,15,16). The summed E-state index contributed by atoms with van der Waals surface area (Å²) in [4.78, 5) is 12.8. The van der Waals surface area contributed by atoms with E-state index in [4.69, 9.17) is 4.52 Å². The lowest BCUT2D eigenvalue weighted by atomic mass is 10.5. The number of nitrogens with zero attached hydrogens (tertiary/aromatic N) is 4. The molecule has 0 aliphatic rings. The predicted molar refractivity (Wildman–Crippen MR) is 74.3 cm³/mol. The lowest BCUT2D eigenvalue weighted by molar-refractivity contribution is 0.388. The van der Waals surface area contributed by atoms with Gasteiger partial charge < -0.3 is 15.2 Å². The summed E-state index contributed by atoms with van der Waals surface area (Å²) in [6.45, 7) is 5.06. The van der Waals surface area contributed by atoms with Gasteiger partial charge in [-0.1, -0.05) is 16.9 Å². The average molecular weight is 280 g/mol. The molecule has 0 spiro atoms. The first kappa shape index (κ1) is 13.6. The molecule has 0 aliphatic carbocycles. The largest absolute Gasteiger partial charge is 0.370 e. The Morgan fingerprint density at radius 2 is 1.95 bits per heavy atom. The van der Waals surface area contributed by atoms with E-state index in [1.165, 1.54) is 11.8 Å². The molecule has 0 amide bonds. The molecular weight excluding hydrogens is 264 g/mol. The van der Waals surface area contributed by atoms with Crippen molar-refractivity contribution in [2.45, 2.75) is 25.5 Å². The van der Waals surface area contributed by atoms with Gasteiger partial charge in [-0.05, 0) is 13.2 Å². The summed E-state index contributed by atoms with van der Waals surface area (Å²) in [7, 11) is 0. The maximum absolute atomic E-state index is 4.91. The van der Waals surface area contributed by atoms with Gasteiger partial charge in [0, 0.05) is 19.5 Å². The Hall–Kier alpha value is -1.83. The predicted octanol–water partition coefficient (Wildman–Crippen LogP) is 1.93. The molecule has 2 aromatic heterocycles. The summed E-state index contributed by atoms with van der Waals surface area (Å²) >= 11 is 1.50. The maximum atomic E-state index is 4.91. The molecule has 0 saturated heterocycles. The number of hydrogen-bond acceptors (Lipinski definition) is 8. The number of aryl methyl sites for hydroxylation is 1. The highest BCUT2D eigenvalue weighted by Crippen LogP contribution is 2.17. The molecule has 2 aromatic rings. The van der Waals surface area contributed by atoms with E-state index in [2.05, 4.69) is 30.7 Å². The van der Waals surface area contributed by atoms with Crippen molar-refractivity contribution in [3.8, 4) is 0 Å². The number of nitrogens with one attached hydrogen (secondary N) is 2. The van der Waals surface area contributed by atoms with Gasteiger partial charge in [0.2, 0.25) is 5.89 Å². The first-order valence-electron chi connectivity index (χ1n) is 5.91. The van der Waals surface area contributed by atoms with Crippen molar-refractivity contribution in [2.75, 3.05) is 23.4 Å². The average Bonchev–Trinajstić information content (AvgIpc) is 2.82.